The molecule has 0 aliphatic heterocycles. The third kappa shape index (κ3) is 4.34. The maximum Gasteiger partial charge on any atom is 0.332 e. The van der Waals surface area contributed by atoms with Gasteiger partial charge in [0.1, 0.15) is 5.69 Å². The highest BCUT2D eigenvalue weighted by Gasteiger charge is 2.21. The molecule has 1 amide bonds. The van der Waals surface area contributed by atoms with Crippen LogP contribution in [0.1, 0.15) is 19.5 Å². The minimum atomic E-state index is -0.522. The SMILES string of the molecule is CCNc1nc(C)c([N+](=O)[O-])c(NCCNC(C)=O)n1. The Bertz CT molecular complexity index is 505. The molecule has 0 atom stereocenters. The first kappa shape index (κ1) is 15.6. The van der Waals surface area contributed by atoms with Crippen LogP contribution >= 0.6 is 0 Å². The van der Waals surface area contributed by atoms with E-state index in [-0.39, 0.29) is 23.1 Å². The monoisotopic (exact) mass is 282 g/mol. The van der Waals surface area contributed by atoms with Crippen LogP contribution in [0.25, 0.3) is 0 Å². The van der Waals surface area contributed by atoms with Crippen LogP contribution in [0.3, 0.4) is 0 Å². The van der Waals surface area contributed by atoms with Gasteiger partial charge in [0.15, 0.2) is 0 Å². The Morgan fingerprint density at radius 1 is 1.30 bits per heavy atom. The molecule has 1 rings (SSSR count). The van der Waals surface area contributed by atoms with Crippen LogP contribution in [0, 0.1) is 17.0 Å². The maximum absolute atomic E-state index is 11.0. The average Bonchev–Trinajstić information content (AvgIpc) is 2.33. The van der Waals surface area contributed by atoms with Gasteiger partial charge in [-0.1, -0.05) is 0 Å². The first-order valence-corrected chi connectivity index (χ1v) is 6.21. The third-order valence-corrected chi connectivity index (χ3v) is 2.37. The quantitative estimate of drug-likeness (QED) is 0.381. The van der Waals surface area contributed by atoms with Gasteiger partial charge in [0.25, 0.3) is 0 Å². The Hall–Kier alpha value is -2.45. The summed E-state index contributed by atoms with van der Waals surface area (Å²) in [6.45, 7) is 6.14. The van der Waals surface area contributed by atoms with Crippen LogP contribution in [0.5, 0.6) is 0 Å². The van der Waals surface area contributed by atoms with E-state index in [2.05, 4.69) is 25.9 Å². The summed E-state index contributed by atoms with van der Waals surface area (Å²) in [5, 5.41) is 19.4. The second-order valence-electron chi connectivity index (χ2n) is 4.03. The van der Waals surface area contributed by atoms with Gasteiger partial charge in [-0.05, 0) is 13.8 Å². The Morgan fingerprint density at radius 2 is 2.00 bits per heavy atom. The zero-order valence-corrected chi connectivity index (χ0v) is 11.7. The molecule has 0 radical (unpaired) electrons. The van der Waals surface area contributed by atoms with Crippen LogP contribution < -0.4 is 16.0 Å². The van der Waals surface area contributed by atoms with E-state index in [4.69, 9.17) is 0 Å². The van der Waals surface area contributed by atoms with Gasteiger partial charge in [0, 0.05) is 26.6 Å². The van der Waals surface area contributed by atoms with E-state index in [0.29, 0.717) is 25.6 Å². The van der Waals surface area contributed by atoms with Gasteiger partial charge in [0.2, 0.25) is 17.7 Å². The molecule has 20 heavy (non-hydrogen) atoms. The standard InChI is InChI=1S/C11H18N6O3/c1-4-12-11-15-7(2)9(17(19)20)10(16-11)14-6-5-13-8(3)18/h4-6H2,1-3H3,(H,13,18)(H2,12,14,15,16). The summed E-state index contributed by atoms with van der Waals surface area (Å²) in [7, 11) is 0. The number of aromatic nitrogens is 2. The smallest absolute Gasteiger partial charge is 0.332 e. The van der Waals surface area contributed by atoms with E-state index >= 15 is 0 Å². The van der Waals surface area contributed by atoms with Gasteiger partial charge >= 0.3 is 5.69 Å². The minimum absolute atomic E-state index is 0.142. The number of amides is 1. The molecule has 110 valence electrons. The molecule has 3 N–H and O–H groups in total. The molecular weight excluding hydrogens is 264 g/mol. The van der Waals surface area contributed by atoms with E-state index in [9.17, 15) is 14.9 Å². The predicted molar refractivity (Wildman–Crippen MR) is 74.8 cm³/mol. The predicted octanol–water partition coefficient (Wildman–Crippen LogP) is 0.673. The normalized spacial score (nSPS) is 9.95. The summed E-state index contributed by atoms with van der Waals surface area (Å²) >= 11 is 0. The van der Waals surface area contributed by atoms with Gasteiger partial charge in [-0.2, -0.15) is 4.98 Å². The summed E-state index contributed by atoms with van der Waals surface area (Å²) in [5.74, 6) is 0.315. The average molecular weight is 282 g/mol. The molecule has 0 fully saturated rings. The molecule has 0 saturated carbocycles. The molecule has 0 unspecified atom stereocenters. The van der Waals surface area contributed by atoms with Crippen molar-refractivity contribution < 1.29 is 9.72 Å². The highest BCUT2D eigenvalue weighted by molar-refractivity contribution is 5.72. The van der Waals surface area contributed by atoms with Crippen molar-refractivity contribution >= 4 is 23.4 Å². The van der Waals surface area contributed by atoms with Crippen molar-refractivity contribution in [1.29, 1.82) is 0 Å². The number of nitro groups is 1. The Morgan fingerprint density at radius 3 is 2.55 bits per heavy atom. The fraction of sp³-hybridized carbons (Fsp3) is 0.545. The lowest BCUT2D eigenvalue weighted by atomic mass is 10.3. The zero-order chi connectivity index (χ0) is 15.1. The molecule has 1 heterocycles. The summed E-state index contributed by atoms with van der Waals surface area (Å²) < 4.78 is 0. The van der Waals surface area contributed by atoms with Crippen molar-refractivity contribution in [1.82, 2.24) is 15.3 Å². The van der Waals surface area contributed by atoms with E-state index < -0.39 is 4.92 Å². The summed E-state index contributed by atoms with van der Waals surface area (Å²) in [6, 6.07) is 0. The molecular formula is C11H18N6O3. The van der Waals surface area contributed by atoms with Gasteiger partial charge in [-0.25, -0.2) is 4.98 Å². The third-order valence-electron chi connectivity index (χ3n) is 2.37. The van der Waals surface area contributed by atoms with Gasteiger partial charge in [-0.3, -0.25) is 14.9 Å². The van der Waals surface area contributed by atoms with Gasteiger partial charge < -0.3 is 16.0 Å². The zero-order valence-electron chi connectivity index (χ0n) is 11.7. The first-order chi connectivity index (χ1) is 9.45. The molecule has 0 aliphatic carbocycles. The van der Waals surface area contributed by atoms with Crippen LogP contribution in [-0.2, 0) is 4.79 Å². The number of carbonyl (C=O) groups is 1. The van der Waals surface area contributed by atoms with Crippen molar-refractivity contribution in [2.24, 2.45) is 0 Å². The molecule has 9 nitrogen and oxygen atoms in total. The Kier molecular flexibility index (Phi) is 5.63. The van der Waals surface area contributed by atoms with E-state index in [1.54, 1.807) is 6.92 Å². The highest BCUT2D eigenvalue weighted by atomic mass is 16.6. The van der Waals surface area contributed by atoms with Crippen molar-refractivity contribution in [3.05, 3.63) is 15.8 Å². The van der Waals surface area contributed by atoms with Crippen LogP contribution in [-0.4, -0.2) is 40.4 Å². The topological polar surface area (TPSA) is 122 Å². The largest absolute Gasteiger partial charge is 0.362 e. The molecule has 0 aliphatic rings. The van der Waals surface area contributed by atoms with Crippen LogP contribution in [0.4, 0.5) is 17.5 Å². The van der Waals surface area contributed by atoms with Crippen molar-refractivity contribution in [3.8, 4) is 0 Å². The Labute approximate surface area is 116 Å². The number of nitrogens with one attached hydrogen (secondary N) is 3. The van der Waals surface area contributed by atoms with Gasteiger partial charge in [0.05, 0.1) is 4.92 Å². The molecule has 0 spiro atoms. The molecule has 0 aromatic carbocycles. The summed E-state index contributed by atoms with van der Waals surface area (Å²) in [6.07, 6.45) is 0. The summed E-state index contributed by atoms with van der Waals surface area (Å²) in [4.78, 5) is 29.4. The van der Waals surface area contributed by atoms with Crippen molar-refractivity contribution in [2.75, 3.05) is 30.3 Å². The second-order valence-corrected chi connectivity index (χ2v) is 4.03. The fourth-order valence-corrected chi connectivity index (χ4v) is 1.57. The van der Waals surface area contributed by atoms with Crippen molar-refractivity contribution in [2.45, 2.75) is 20.8 Å². The lowest BCUT2D eigenvalue weighted by Gasteiger charge is -2.10. The number of hydrogen-bond donors (Lipinski definition) is 3. The number of rotatable bonds is 7. The number of nitrogens with zero attached hydrogens (tertiary/aromatic N) is 3. The molecule has 9 heteroatoms. The van der Waals surface area contributed by atoms with Crippen LogP contribution in [0.15, 0.2) is 0 Å². The highest BCUT2D eigenvalue weighted by Crippen LogP contribution is 2.26. The molecule has 0 saturated heterocycles. The van der Waals surface area contributed by atoms with E-state index in [1.165, 1.54) is 6.92 Å². The fourth-order valence-electron chi connectivity index (χ4n) is 1.57. The number of hydrogen-bond acceptors (Lipinski definition) is 7. The lowest BCUT2D eigenvalue weighted by Crippen LogP contribution is -2.26. The minimum Gasteiger partial charge on any atom is -0.362 e. The molecule has 1 aromatic heterocycles. The number of anilines is 2. The van der Waals surface area contributed by atoms with E-state index in [1.807, 2.05) is 6.92 Å². The lowest BCUT2D eigenvalue weighted by molar-refractivity contribution is -0.385. The molecule has 1 aromatic rings. The summed E-state index contributed by atoms with van der Waals surface area (Å²) in [5.41, 5.74) is 0.123. The first-order valence-electron chi connectivity index (χ1n) is 6.21. The van der Waals surface area contributed by atoms with Crippen LogP contribution in [0.2, 0.25) is 0 Å². The van der Waals surface area contributed by atoms with Crippen molar-refractivity contribution in [3.63, 3.8) is 0 Å². The van der Waals surface area contributed by atoms with Gasteiger partial charge in [-0.15, -0.1) is 0 Å². The molecule has 0 bridgehead atoms. The number of carbonyl (C=O) groups excluding carboxylic acids is 1. The second kappa shape index (κ2) is 7.22. The number of aryl methyl sites for hydroxylation is 1. The van der Waals surface area contributed by atoms with E-state index in [0.717, 1.165) is 0 Å². The Balaban J connectivity index is 2.89. The maximum atomic E-state index is 11.0.